The molecule has 0 aliphatic rings. The first kappa shape index (κ1) is 12.9. The molecule has 0 spiro atoms. The van der Waals surface area contributed by atoms with Crippen LogP contribution in [0.25, 0.3) is 0 Å². The Labute approximate surface area is 101 Å². The number of halogens is 1. The van der Waals surface area contributed by atoms with Gasteiger partial charge in [0.1, 0.15) is 5.76 Å². The summed E-state index contributed by atoms with van der Waals surface area (Å²) >= 11 is 7.62. The van der Waals surface area contributed by atoms with Crippen LogP contribution in [0.15, 0.2) is 16.5 Å². The van der Waals surface area contributed by atoms with Gasteiger partial charge in [-0.05, 0) is 44.1 Å². The lowest BCUT2D eigenvalue weighted by atomic mass is 10.2. The van der Waals surface area contributed by atoms with Gasteiger partial charge in [0.2, 0.25) is 0 Å². The summed E-state index contributed by atoms with van der Waals surface area (Å²) in [5, 5.41) is 4.36. The van der Waals surface area contributed by atoms with Crippen LogP contribution in [0.4, 0.5) is 0 Å². The zero-order chi connectivity index (χ0) is 11.3. The Kier molecular flexibility index (Phi) is 5.58. The van der Waals surface area contributed by atoms with Crippen molar-refractivity contribution < 1.29 is 4.42 Å². The molecule has 0 saturated carbocycles. The highest BCUT2D eigenvalue weighted by Gasteiger charge is 2.14. The molecule has 15 heavy (non-hydrogen) atoms. The molecular weight excluding hydrogens is 230 g/mol. The summed E-state index contributed by atoms with van der Waals surface area (Å²) in [6.07, 6.45) is 1.15. The van der Waals surface area contributed by atoms with E-state index in [9.17, 15) is 0 Å². The molecule has 2 unspecified atom stereocenters. The molecule has 1 aromatic rings. The number of hydrogen-bond donors (Lipinski definition) is 1. The maximum absolute atomic E-state index is 5.71. The summed E-state index contributed by atoms with van der Waals surface area (Å²) in [6, 6.07) is 4.25. The molecule has 2 nitrogen and oxygen atoms in total. The van der Waals surface area contributed by atoms with Crippen LogP contribution in [0.1, 0.15) is 26.0 Å². The van der Waals surface area contributed by atoms with Gasteiger partial charge in [0, 0.05) is 11.3 Å². The molecule has 4 heteroatoms. The minimum absolute atomic E-state index is 0.473. The second-order valence-electron chi connectivity index (χ2n) is 3.54. The highest BCUT2D eigenvalue weighted by Crippen LogP contribution is 2.25. The number of hydrogen-bond acceptors (Lipinski definition) is 3. The Bertz CT molecular complexity index is 290. The van der Waals surface area contributed by atoms with Gasteiger partial charge in [-0.2, -0.15) is 0 Å². The van der Waals surface area contributed by atoms with Crippen molar-refractivity contribution >= 4 is 23.4 Å². The predicted octanol–water partition coefficient (Wildman–Crippen LogP) is 3.55. The Hall–Kier alpha value is -0.120. The fraction of sp³-hybridized carbons (Fsp3) is 0.636. The second kappa shape index (κ2) is 6.46. The SMILES string of the molecule is CCC(SCc1ccc(Cl)o1)C(C)NC. The second-order valence-corrected chi connectivity index (χ2v) is 5.14. The van der Waals surface area contributed by atoms with Gasteiger partial charge in [-0.1, -0.05) is 6.92 Å². The van der Waals surface area contributed by atoms with Crippen LogP contribution in [-0.2, 0) is 5.75 Å². The van der Waals surface area contributed by atoms with Crippen molar-refractivity contribution in [3.05, 3.63) is 23.1 Å². The van der Waals surface area contributed by atoms with E-state index in [0.717, 1.165) is 17.9 Å². The van der Waals surface area contributed by atoms with E-state index < -0.39 is 0 Å². The zero-order valence-electron chi connectivity index (χ0n) is 9.42. The van der Waals surface area contributed by atoms with Gasteiger partial charge < -0.3 is 9.73 Å². The van der Waals surface area contributed by atoms with Crippen LogP contribution < -0.4 is 5.32 Å². The summed E-state index contributed by atoms with van der Waals surface area (Å²) in [4.78, 5) is 0. The molecule has 0 aliphatic heterocycles. The first-order valence-corrected chi connectivity index (χ1v) is 6.63. The van der Waals surface area contributed by atoms with E-state index in [2.05, 4.69) is 19.2 Å². The quantitative estimate of drug-likeness (QED) is 0.832. The zero-order valence-corrected chi connectivity index (χ0v) is 11.0. The molecule has 0 aliphatic carbocycles. The number of thioether (sulfide) groups is 1. The van der Waals surface area contributed by atoms with Crippen LogP contribution in [-0.4, -0.2) is 18.3 Å². The highest BCUT2D eigenvalue weighted by molar-refractivity contribution is 7.99. The maximum Gasteiger partial charge on any atom is 0.193 e. The van der Waals surface area contributed by atoms with Gasteiger partial charge in [0.15, 0.2) is 5.22 Å². The van der Waals surface area contributed by atoms with E-state index >= 15 is 0 Å². The largest absolute Gasteiger partial charge is 0.449 e. The van der Waals surface area contributed by atoms with Crippen LogP contribution >= 0.6 is 23.4 Å². The fourth-order valence-electron chi connectivity index (χ4n) is 1.42. The third kappa shape index (κ3) is 4.09. The average Bonchev–Trinajstić information content (AvgIpc) is 2.64. The van der Waals surface area contributed by atoms with Crippen molar-refractivity contribution in [1.82, 2.24) is 5.32 Å². The van der Waals surface area contributed by atoms with Crippen molar-refractivity contribution in [2.24, 2.45) is 0 Å². The van der Waals surface area contributed by atoms with Crippen LogP contribution in [0.3, 0.4) is 0 Å². The van der Waals surface area contributed by atoms with E-state index in [-0.39, 0.29) is 0 Å². The van der Waals surface area contributed by atoms with E-state index in [1.54, 1.807) is 6.07 Å². The molecule has 0 bridgehead atoms. The normalized spacial score (nSPS) is 15.2. The van der Waals surface area contributed by atoms with Crippen molar-refractivity contribution in [1.29, 1.82) is 0 Å². The molecule has 86 valence electrons. The Balaban J connectivity index is 2.40. The van der Waals surface area contributed by atoms with Crippen molar-refractivity contribution in [3.8, 4) is 0 Å². The smallest absolute Gasteiger partial charge is 0.193 e. The third-order valence-corrected chi connectivity index (χ3v) is 4.31. The van der Waals surface area contributed by atoms with Gasteiger partial charge in [-0.25, -0.2) is 0 Å². The van der Waals surface area contributed by atoms with E-state index in [1.807, 2.05) is 24.9 Å². The molecule has 0 amide bonds. The minimum atomic E-state index is 0.473. The molecular formula is C11H18ClNOS. The van der Waals surface area contributed by atoms with Crippen LogP contribution in [0.5, 0.6) is 0 Å². The first-order chi connectivity index (χ1) is 7.17. The summed E-state index contributed by atoms with van der Waals surface area (Å²) in [6.45, 7) is 4.41. The summed E-state index contributed by atoms with van der Waals surface area (Å²) < 4.78 is 5.32. The molecule has 1 rings (SSSR count). The predicted molar refractivity (Wildman–Crippen MR) is 67.6 cm³/mol. The van der Waals surface area contributed by atoms with Crippen LogP contribution in [0, 0.1) is 0 Å². The van der Waals surface area contributed by atoms with Crippen LogP contribution in [0.2, 0.25) is 5.22 Å². The minimum Gasteiger partial charge on any atom is -0.449 e. The highest BCUT2D eigenvalue weighted by atomic mass is 35.5. The molecule has 0 radical (unpaired) electrons. The molecule has 2 atom stereocenters. The van der Waals surface area contributed by atoms with Gasteiger partial charge in [-0.15, -0.1) is 11.8 Å². The summed E-state index contributed by atoms with van der Waals surface area (Å²) in [7, 11) is 2.00. The lowest BCUT2D eigenvalue weighted by molar-refractivity contribution is 0.530. The number of nitrogens with one attached hydrogen (secondary N) is 1. The fourth-order valence-corrected chi connectivity index (χ4v) is 2.78. The van der Waals surface area contributed by atoms with Gasteiger partial charge in [-0.3, -0.25) is 0 Å². The molecule has 1 aromatic heterocycles. The maximum atomic E-state index is 5.71. The standard InChI is InChI=1S/C11H18ClNOS/c1-4-10(8(2)13-3)15-7-9-5-6-11(12)14-9/h5-6,8,10,13H,4,7H2,1-3H3. The van der Waals surface area contributed by atoms with E-state index in [1.165, 1.54) is 0 Å². The average molecular weight is 248 g/mol. The van der Waals surface area contributed by atoms with E-state index in [0.29, 0.717) is 16.5 Å². The Morgan fingerprint density at radius 2 is 2.27 bits per heavy atom. The molecule has 0 aromatic carbocycles. The van der Waals surface area contributed by atoms with E-state index in [4.69, 9.17) is 16.0 Å². The third-order valence-electron chi connectivity index (χ3n) is 2.48. The molecule has 0 fully saturated rings. The van der Waals surface area contributed by atoms with Gasteiger partial charge in [0.05, 0.1) is 5.75 Å². The monoisotopic (exact) mass is 247 g/mol. The number of rotatable bonds is 6. The van der Waals surface area contributed by atoms with Crippen molar-refractivity contribution in [2.75, 3.05) is 7.05 Å². The van der Waals surface area contributed by atoms with Crippen molar-refractivity contribution in [2.45, 2.75) is 37.3 Å². The molecule has 0 saturated heterocycles. The lowest BCUT2D eigenvalue weighted by Gasteiger charge is -2.21. The van der Waals surface area contributed by atoms with Gasteiger partial charge >= 0.3 is 0 Å². The lowest BCUT2D eigenvalue weighted by Crippen LogP contribution is -2.32. The first-order valence-electron chi connectivity index (χ1n) is 5.20. The molecule has 1 N–H and O–H groups in total. The Morgan fingerprint density at radius 1 is 1.53 bits per heavy atom. The van der Waals surface area contributed by atoms with Gasteiger partial charge in [0.25, 0.3) is 0 Å². The Morgan fingerprint density at radius 3 is 2.73 bits per heavy atom. The van der Waals surface area contributed by atoms with Crippen molar-refractivity contribution in [3.63, 3.8) is 0 Å². The number of furan rings is 1. The molecule has 1 heterocycles. The topological polar surface area (TPSA) is 25.2 Å². The summed E-state index contributed by atoms with van der Waals surface area (Å²) in [5.41, 5.74) is 0. The summed E-state index contributed by atoms with van der Waals surface area (Å²) in [5.74, 6) is 1.84.